The predicted molar refractivity (Wildman–Crippen MR) is 70.8 cm³/mol. The molecule has 0 amide bonds. The van der Waals surface area contributed by atoms with Crippen molar-refractivity contribution < 1.29 is 0 Å². The fraction of sp³-hybridized carbons (Fsp3) is 1.00. The first-order valence-corrected chi connectivity index (χ1v) is 6.58. The third-order valence-corrected chi connectivity index (χ3v) is 3.15. The summed E-state index contributed by atoms with van der Waals surface area (Å²) in [5.41, 5.74) is 0.359. The first-order chi connectivity index (χ1) is 7.49. The maximum absolute atomic E-state index is 3.61. The Hall–Kier alpha value is -0.120. The van der Waals surface area contributed by atoms with Crippen molar-refractivity contribution in [2.24, 2.45) is 5.41 Å². The lowest BCUT2D eigenvalue weighted by atomic mass is 9.92. The fourth-order valence-electron chi connectivity index (χ4n) is 2.59. The van der Waals surface area contributed by atoms with Gasteiger partial charge in [0.15, 0.2) is 0 Å². The lowest BCUT2D eigenvalue weighted by Gasteiger charge is -2.30. The van der Waals surface area contributed by atoms with Crippen LogP contribution in [0, 0.1) is 5.41 Å². The molecule has 16 heavy (non-hydrogen) atoms. The Morgan fingerprint density at radius 3 is 2.62 bits per heavy atom. The Morgan fingerprint density at radius 1 is 1.31 bits per heavy atom. The molecule has 3 nitrogen and oxygen atoms in total. The van der Waals surface area contributed by atoms with Gasteiger partial charge in [-0.2, -0.15) is 0 Å². The van der Waals surface area contributed by atoms with E-state index in [-0.39, 0.29) is 0 Å². The lowest BCUT2D eigenvalue weighted by molar-refractivity contribution is 0.228. The van der Waals surface area contributed by atoms with Crippen molar-refractivity contribution in [2.45, 2.75) is 39.2 Å². The summed E-state index contributed by atoms with van der Waals surface area (Å²) in [7, 11) is 4.29. The molecular formula is C13H29N3. The molecule has 1 saturated heterocycles. The van der Waals surface area contributed by atoms with Gasteiger partial charge in [0.1, 0.15) is 0 Å². The van der Waals surface area contributed by atoms with Gasteiger partial charge in [0, 0.05) is 25.7 Å². The summed E-state index contributed by atoms with van der Waals surface area (Å²) < 4.78 is 0. The molecule has 1 aliphatic rings. The summed E-state index contributed by atoms with van der Waals surface area (Å²) in [6.07, 6.45) is 4.07. The minimum Gasteiger partial charge on any atom is -0.315 e. The number of nitrogens with zero attached hydrogens (tertiary/aromatic N) is 1. The topological polar surface area (TPSA) is 27.3 Å². The molecule has 3 heteroatoms. The van der Waals surface area contributed by atoms with Crippen LogP contribution >= 0.6 is 0 Å². The Bertz CT molecular complexity index is 184. The van der Waals surface area contributed by atoms with E-state index in [0.717, 1.165) is 19.6 Å². The van der Waals surface area contributed by atoms with E-state index in [1.807, 2.05) is 0 Å². The van der Waals surface area contributed by atoms with E-state index < -0.39 is 0 Å². The summed E-state index contributed by atoms with van der Waals surface area (Å²) in [5, 5.41) is 7.18. The van der Waals surface area contributed by atoms with Crippen LogP contribution in [0.25, 0.3) is 0 Å². The van der Waals surface area contributed by atoms with Gasteiger partial charge in [-0.15, -0.1) is 0 Å². The van der Waals surface area contributed by atoms with E-state index in [9.17, 15) is 0 Å². The maximum Gasteiger partial charge on any atom is 0.0192 e. The van der Waals surface area contributed by atoms with Crippen LogP contribution in [0.4, 0.5) is 0 Å². The van der Waals surface area contributed by atoms with E-state index in [4.69, 9.17) is 0 Å². The summed E-state index contributed by atoms with van der Waals surface area (Å²) in [6, 6.07) is 0.698. The standard InChI is InChI=1S/C13H29N3/c1-13(2,11-16(3)4)10-14-9-12-7-5-6-8-15-12/h12,14-15H,5-11H2,1-4H3. The van der Waals surface area contributed by atoms with E-state index in [1.165, 1.54) is 25.8 Å². The van der Waals surface area contributed by atoms with Crippen molar-refractivity contribution in [2.75, 3.05) is 40.3 Å². The van der Waals surface area contributed by atoms with Crippen LogP contribution in [0.2, 0.25) is 0 Å². The normalized spacial score (nSPS) is 22.7. The Labute approximate surface area is 101 Å². The van der Waals surface area contributed by atoms with Gasteiger partial charge in [-0.3, -0.25) is 0 Å². The molecule has 0 radical (unpaired) electrons. The van der Waals surface area contributed by atoms with E-state index in [2.05, 4.69) is 43.5 Å². The van der Waals surface area contributed by atoms with E-state index >= 15 is 0 Å². The highest BCUT2D eigenvalue weighted by Crippen LogP contribution is 2.14. The molecule has 1 rings (SSSR count). The SMILES string of the molecule is CN(C)CC(C)(C)CNCC1CCCCN1. The summed E-state index contributed by atoms with van der Waals surface area (Å²) in [5.74, 6) is 0. The first kappa shape index (κ1) is 13.9. The minimum atomic E-state index is 0.359. The third kappa shape index (κ3) is 5.83. The van der Waals surface area contributed by atoms with E-state index in [1.54, 1.807) is 0 Å². The highest BCUT2D eigenvalue weighted by Gasteiger charge is 2.19. The lowest BCUT2D eigenvalue weighted by Crippen LogP contribution is -2.45. The van der Waals surface area contributed by atoms with Gasteiger partial charge in [0.2, 0.25) is 0 Å². The smallest absolute Gasteiger partial charge is 0.0192 e. The zero-order chi connectivity index (χ0) is 12.0. The summed E-state index contributed by atoms with van der Waals surface area (Å²) in [6.45, 7) is 9.22. The maximum atomic E-state index is 3.61. The molecule has 1 heterocycles. The molecular weight excluding hydrogens is 198 g/mol. The molecule has 2 N–H and O–H groups in total. The quantitative estimate of drug-likeness (QED) is 0.716. The Balaban J connectivity index is 2.13. The molecule has 0 bridgehead atoms. The highest BCUT2D eigenvalue weighted by atomic mass is 15.1. The van der Waals surface area contributed by atoms with Gasteiger partial charge in [0.25, 0.3) is 0 Å². The van der Waals surface area contributed by atoms with Crippen LogP contribution in [0.1, 0.15) is 33.1 Å². The van der Waals surface area contributed by atoms with Crippen LogP contribution in [0.3, 0.4) is 0 Å². The van der Waals surface area contributed by atoms with Crippen molar-refractivity contribution in [3.63, 3.8) is 0 Å². The third-order valence-electron chi connectivity index (χ3n) is 3.15. The largest absolute Gasteiger partial charge is 0.315 e. The highest BCUT2D eigenvalue weighted by molar-refractivity contribution is 4.78. The second-order valence-electron chi connectivity index (χ2n) is 6.18. The Morgan fingerprint density at radius 2 is 2.06 bits per heavy atom. The second-order valence-corrected chi connectivity index (χ2v) is 6.18. The van der Waals surface area contributed by atoms with Crippen molar-refractivity contribution in [3.05, 3.63) is 0 Å². The molecule has 1 unspecified atom stereocenters. The van der Waals surface area contributed by atoms with Gasteiger partial charge in [-0.1, -0.05) is 20.3 Å². The van der Waals surface area contributed by atoms with Gasteiger partial charge in [-0.25, -0.2) is 0 Å². The van der Waals surface area contributed by atoms with Crippen LogP contribution in [-0.4, -0.2) is 51.2 Å². The predicted octanol–water partition coefficient (Wildman–Crippen LogP) is 1.31. The van der Waals surface area contributed by atoms with Gasteiger partial charge < -0.3 is 15.5 Å². The zero-order valence-electron chi connectivity index (χ0n) is 11.5. The number of hydrogen-bond donors (Lipinski definition) is 2. The molecule has 0 saturated carbocycles. The second kappa shape index (κ2) is 6.58. The van der Waals surface area contributed by atoms with Crippen LogP contribution in [-0.2, 0) is 0 Å². The van der Waals surface area contributed by atoms with Gasteiger partial charge in [-0.05, 0) is 38.9 Å². The molecule has 96 valence electrons. The minimum absolute atomic E-state index is 0.359. The van der Waals surface area contributed by atoms with Gasteiger partial charge >= 0.3 is 0 Å². The number of piperidine rings is 1. The van der Waals surface area contributed by atoms with Crippen molar-refractivity contribution in [1.29, 1.82) is 0 Å². The summed E-state index contributed by atoms with van der Waals surface area (Å²) in [4.78, 5) is 2.26. The molecule has 0 aromatic heterocycles. The van der Waals surface area contributed by atoms with Crippen molar-refractivity contribution >= 4 is 0 Å². The molecule has 1 fully saturated rings. The summed E-state index contributed by atoms with van der Waals surface area (Å²) >= 11 is 0. The molecule has 0 aromatic rings. The number of rotatable bonds is 6. The zero-order valence-corrected chi connectivity index (χ0v) is 11.5. The van der Waals surface area contributed by atoms with Crippen LogP contribution < -0.4 is 10.6 Å². The Kier molecular flexibility index (Phi) is 5.73. The molecule has 1 aliphatic heterocycles. The average Bonchev–Trinajstić information content (AvgIpc) is 2.16. The van der Waals surface area contributed by atoms with Crippen LogP contribution in [0.15, 0.2) is 0 Å². The molecule has 0 aromatic carbocycles. The van der Waals surface area contributed by atoms with Crippen LogP contribution in [0.5, 0.6) is 0 Å². The van der Waals surface area contributed by atoms with E-state index in [0.29, 0.717) is 11.5 Å². The first-order valence-electron chi connectivity index (χ1n) is 6.58. The number of nitrogens with one attached hydrogen (secondary N) is 2. The molecule has 0 aliphatic carbocycles. The average molecular weight is 227 g/mol. The van der Waals surface area contributed by atoms with Crippen molar-refractivity contribution in [1.82, 2.24) is 15.5 Å². The monoisotopic (exact) mass is 227 g/mol. The molecule has 0 spiro atoms. The van der Waals surface area contributed by atoms with Gasteiger partial charge in [0.05, 0.1) is 0 Å². The molecule has 1 atom stereocenters. The number of hydrogen-bond acceptors (Lipinski definition) is 3. The van der Waals surface area contributed by atoms with Crippen molar-refractivity contribution in [3.8, 4) is 0 Å². The fourth-order valence-corrected chi connectivity index (χ4v) is 2.59.